The van der Waals surface area contributed by atoms with Gasteiger partial charge in [-0.3, -0.25) is 0 Å². The van der Waals surface area contributed by atoms with E-state index in [0.717, 1.165) is 11.8 Å². The van der Waals surface area contributed by atoms with Crippen molar-refractivity contribution in [3.8, 4) is 6.07 Å². The van der Waals surface area contributed by atoms with E-state index in [2.05, 4.69) is 13.0 Å². The maximum atomic E-state index is 9.20. The van der Waals surface area contributed by atoms with Gasteiger partial charge in [0, 0.05) is 0 Å². The molecule has 2 rings (SSSR count). The molecule has 72 valence electrons. The quantitative estimate of drug-likeness (QED) is 0.601. The fraction of sp³-hybridized carbons (Fsp3) is 0.917. The predicted molar refractivity (Wildman–Crippen MR) is 53.0 cm³/mol. The zero-order valence-corrected chi connectivity index (χ0v) is 8.55. The molecule has 2 aliphatic rings. The van der Waals surface area contributed by atoms with Gasteiger partial charge in [0.15, 0.2) is 0 Å². The molecule has 0 aromatic carbocycles. The number of hydrogen-bond donors (Lipinski definition) is 0. The minimum absolute atomic E-state index is 0.125. The van der Waals surface area contributed by atoms with Crippen molar-refractivity contribution in [3.05, 3.63) is 0 Å². The van der Waals surface area contributed by atoms with E-state index in [1.54, 1.807) is 0 Å². The van der Waals surface area contributed by atoms with E-state index in [9.17, 15) is 5.26 Å². The molecule has 0 spiro atoms. The second-order valence-corrected chi connectivity index (χ2v) is 5.08. The largest absolute Gasteiger partial charge is 0.198 e. The normalized spacial score (nSPS) is 37.5. The summed E-state index contributed by atoms with van der Waals surface area (Å²) in [5.41, 5.74) is 0.125. The minimum atomic E-state index is 0.125. The van der Waals surface area contributed by atoms with Crippen molar-refractivity contribution in [2.24, 2.45) is 17.3 Å². The van der Waals surface area contributed by atoms with Crippen molar-refractivity contribution in [1.29, 1.82) is 5.26 Å². The molecule has 0 aromatic heterocycles. The Morgan fingerprint density at radius 1 is 1.15 bits per heavy atom. The number of hydrogen-bond acceptors (Lipinski definition) is 1. The fourth-order valence-electron chi connectivity index (χ4n) is 2.98. The van der Waals surface area contributed by atoms with Crippen LogP contribution in [-0.4, -0.2) is 0 Å². The van der Waals surface area contributed by atoms with Gasteiger partial charge < -0.3 is 0 Å². The molecule has 0 heterocycles. The van der Waals surface area contributed by atoms with E-state index in [1.165, 1.54) is 44.9 Å². The molecular weight excluding hydrogens is 158 g/mol. The van der Waals surface area contributed by atoms with Gasteiger partial charge in [-0.2, -0.15) is 5.26 Å². The van der Waals surface area contributed by atoms with E-state index < -0.39 is 0 Å². The van der Waals surface area contributed by atoms with Crippen LogP contribution in [0.1, 0.15) is 51.9 Å². The SMILES string of the molecule is CC1CCC(C2(C#N)CCC2)CC1. The van der Waals surface area contributed by atoms with Gasteiger partial charge in [0.05, 0.1) is 11.5 Å². The van der Waals surface area contributed by atoms with Crippen LogP contribution in [0.15, 0.2) is 0 Å². The van der Waals surface area contributed by atoms with Crippen molar-refractivity contribution in [2.75, 3.05) is 0 Å². The molecule has 0 aromatic rings. The average molecular weight is 177 g/mol. The number of nitrogens with zero attached hydrogens (tertiary/aromatic N) is 1. The summed E-state index contributed by atoms with van der Waals surface area (Å²) in [4.78, 5) is 0. The molecule has 0 radical (unpaired) electrons. The van der Waals surface area contributed by atoms with Crippen LogP contribution in [-0.2, 0) is 0 Å². The predicted octanol–water partition coefficient (Wildman–Crippen LogP) is 3.51. The molecular formula is C12H19N. The standard InChI is InChI=1S/C12H19N/c1-10-3-5-11(6-4-10)12(9-13)7-2-8-12/h10-11H,2-8H2,1H3. The Morgan fingerprint density at radius 2 is 1.77 bits per heavy atom. The maximum absolute atomic E-state index is 9.20. The van der Waals surface area contributed by atoms with Crippen LogP contribution in [0.4, 0.5) is 0 Å². The lowest BCUT2D eigenvalue weighted by Gasteiger charge is -2.44. The first-order valence-electron chi connectivity index (χ1n) is 5.68. The molecule has 1 heteroatoms. The topological polar surface area (TPSA) is 23.8 Å². The lowest BCUT2D eigenvalue weighted by atomic mass is 9.58. The Morgan fingerprint density at radius 3 is 2.15 bits per heavy atom. The van der Waals surface area contributed by atoms with Gasteiger partial charge in [-0.05, 0) is 37.5 Å². The van der Waals surface area contributed by atoms with Crippen molar-refractivity contribution in [1.82, 2.24) is 0 Å². The summed E-state index contributed by atoms with van der Waals surface area (Å²) >= 11 is 0. The van der Waals surface area contributed by atoms with E-state index in [0.29, 0.717) is 0 Å². The Kier molecular flexibility index (Phi) is 2.32. The second kappa shape index (κ2) is 3.33. The van der Waals surface area contributed by atoms with E-state index in [-0.39, 0.29) is 5.41 Å². The number of nitriles is 1. The Balaban J connectivity index is 1.97. The summed E-state index contributed by atoms with van der Waals surface area (Å²) in [6, 6.07) is 2.60. The smallest absolute Gasteiger partial charge is 0.0692 e. The van der Waals surface area contributed by atoms with Gasteiger partial charge in [0.1, 0.15) is 0 Å². The monoisotopic (exact) mass is 177 g/mol. The van der Waals surface area contributed by atoms with Crippen LogP contribution >= 0.6 is 0 Å². The van der Waals surface area contributed by atoms with Crippen molar-refractivity contribution in [2.45, 2.75) is 51.9 Å². The van der Waals surface area contributed by atoms with Gasteiger partial charge in [-0.25, -0.2) is 0 Å². The van der Waals surface area contributed by atoms with Gasteiger partial charge in [-0.15, -0.1) is 0 Å². The van der Waals surface area contributed by atoms with Gasteiger partial charge in [0.2, 0.25) is 0 Å². The highest BCUT2D eigenvalue weighted by Crippen LogP contribution is 2.52. The molecule has 2 fully saturated rings. The van der Waals surface area contributed by atoms with Crippen LogP contribution in [0.25, 0.3) is 0 Å². The van der Waals surface area contributed by atoms with Crippen LogP contribution in [0.3, 0.4) is 0 Å². The van der Waals surface area contributed by atoms with Gasteiger partial charge in [0.25, 0.3) is 0 Å². The van der Waals surface area contributed by atoms with Crippen LogP contribution in [0.5, 0.6) is 0 Å². The summed E-state index contributed by atoms with van der Waals surface area (Å²) in [5, 5.41) is 9.20. The zero-order chi connectivity index (χ0) is 9.31. The minimum Gasteiger partial charge on any atom is -0.198 e. The second-order valence-electron chi connectivity index (χ2n) is 5.08. The lowest BCUT2D eigenvalue weighted by molar-refractivity contribution is 0.0750. The molecule has 1 nitrogen and oxygen atoms in total. The third-order valence-corrected chi connectivity index (χ3v) is 4.27. The van der Waals surface area contributed by atoms with Crippen LogP contribution in [0, 0.1) is 28.6 Å². The average Bonchev–Trinajstić information content (AvgIpc) is 2.07. The highest BCUT2D eigenvalue weighted by Gasteiger charge is 2.44. The zero-order valence-electron chi connectivity index (χ0n) is 8.55. The molecule has 2 aliphatic carbocycles. The summed E-state index contributed by atoms with van der Waals surface area (Å²) in [5.74, 6) is 1.65. The van der Waals surface area contributed by atoms with Gasteiger partial charge in [-0.1, -0.05) is 26.2 Å². The van der Waals surface area contributed by atoms with E-state index in [1.807, 2.05) is 0 Å². The van der Waals surface area contributed by atoms with Crippen LogP contribution in [0.2, 0.25) is 0 Å². The Labute approximate surface area is 81.1 Å². The lowest BCUT2D eigenvalue weighted by Crippen LogP contribution is -2.37. The summed E-state index contributed by atoms with van der Waals surface area (Å²) in [6.45, 7) is 2.34. The molecule has 0 atom stereocenters. The van der Waals surface area contributed by atoms with Crippen LogP contribution < -0.4 is 0 Å². The summed E-state index contributed by atoms with van der Waals surface area (Å²) < 4.78 is 0. The molecule has 0 bridgehead atoms. The van der Waals surface area contributed by atoms with E-state index in [4.69, 9.17) is 0 Å². The maximum Gasteiger partial charge on any atom is 0.0692 e. The summed E-state index contributed by atoms with van der Waals surface area (Å²) in [7, 11) is 0. The fourth-order valence-corrected chi connectivity index (χ4v) is 2.98. The third-order valence-electron chi connectivity index (χ3n) is 4.27. The van der Waals surface area contributed by atoms with Crippen molar-refractivity contribution >= 4 is 0 Å². The molecule has 0 aliphatic heterocycles. The first-order chi connectivity index (χ1) is 6.27. The van der Waals surface area contributed by atoms with E-state index >= 15 is 0 Å². The van der Waals surface area contributed by atoms with Gasteiger partial charge >= 0.3 is 0 Å². The molecule has 0 N–H and O–H groups in total. The first-order valence-corrected chi connectivity index (χ1v) is 5.68. The molecule has 0 unspecified atom stereocenters. The Bertz CT molecular complexity index is 214. The highest BCUT2D eigenvalue weighted by atomic mass is 14.5. The van der Waals surface area contributed by atoms with Crippen molar-refractivity contribution < 1.29 is 0 Å². The number of rotatable bonds is 1. The third kappa shape index (κ3) is 1.47. The van der Waals surface area contributed by atoms with Crippen molar-refractivity contribution in [3.63, 3.8) is 0 Å². The molecule has 2 saturated carbocycles. The highest BCUT2D eigenvalue weighted by molar-refractivity contribution is 5.08. The molecule has 0 amide bonds. The molecule has 0 saturated heterocycles. The Hall–Kier alpha value is -0.510. The first kappa shape index (κ1) is 9.06. The summed E-state index contributed by atoms with van der Waals surface area (Å²) in [6.07, 6.45) is 9.00. The molecule has 13 heavy (non-hydrogen) atoms.